The van der Waals surface area contributed by atoms with E-state index in [1.54, 1.807) is 24.0 Å². The van der Waals surface area contributed by atoms with Crippen LogP contribution in [0.3, 0.4) is 0 Å². The second-order valence-corrected chi connectivity index (χ2v) is 9.15. The van der Waals surface area contributed by atoms with Gasteiger partial charge in [0, 0.05) is 37.3 Å². The molecule has 1 aliphatic carbocycles. The highest BCUT2D eigenvalue weighted by Gasteiger charge is 2.39. The van der Waals surface area contributed by atoms with Gasteiger partial charge in [0.1, 0.15) is 17.1 Å². The summed E-state index contributed by atoms with van der Waals surface area (Å²) in [4.78, 5) is 34.4. The summed E-state index contributed by atoms with van der Waals surface area (Å²) in [6, 6.07) is 4.13. The molecule has 9 nitrogen and oxygen atoms in total. The van der Waals surface area contributed by atoms with Crippen LogP contribution >= 0.6 is 0 Å². The zero-order chi connectivity index (χ0) is 26.6. The van der Waals surface area contributed by atoms with E-state index < -0.39 is 11.7 Å². The lowest BCUT2D eigenvalue weighted by molar-refractivity contribution is -0.137. The lowest BCUT2D eigenvalue weighted by Crippen LogP contribution is -2.49. The maximum absolute atomic E-state index is 13.9. The van der Waals surface area contributed by atoms with Gasteiger partial charge in [-0.25, -0.2) is 4.98 Å². The number of alkyl halides is 3. The number of nitrogens with one attached hydrogen (secondary N) is 3. The van der Waals surface area contributed by atoms with Gasteiger partial charge in [-0.3, -0.25) is 9.59 Å². The van der Waals surface area contributed by atoms with E-state index in [2.05, 4.69) is 25.9 Å². The van der Waals surface area contributed by atoms with Crippen LogP contribution in [0.4, 0.5) is 30.6 Å². The predicted octanol–water partition coefficient (Wildman–Crippen LogP) is 4.34. The Hall–Kier alpha value is -3.57. The first-order valence-corrected chi connectivity index (χ1v) is 12.4. The first kappa shape index (κ1) is 26.5. The molecule has 0 bridgehead atoms. The summed E-state index contributed by atoms with van der Waals surface area (Å²) in [5, 5.41) is 8.60. The minimum absolute atomic E-state index is 0.0444. The van der Waals surface area contributed by atoms with E-state index in [1.165, 1.54) is 13.2 Å². The molecule has 2 aliphatic rings. The highest BCUT2D eigenvalue weighted by molar-refractivity contribution is 5.95. The molecule has 2 fully saturated rings. The molecule has 1 saturated carbocycles. The number of carbonyl (C=O) groups excluding carboxylic acids is 2. The van der Waals surface area contributed by atoms with Crippen molar-refractivity contribution in [2.24, 2.45) is 0 Å². The van der Waals surface area contributed by atoms with Gasteiger partial charge >= 0.3 is 6.18 Å². The molecule has 3 N–H and O–H groups in total. The average molecular weight is 521 g/mol. The molecule has 1 aromatic heterocycles. The van der Waals surface area contributed by atoms with Crippen LogP contribution in [0, 0.1) is 0 Å². The van der Waals surface area contributed by atoms with Crippen molar-refractivity contribution in [2.45, 2.75) is 63.7 Å². The average Bonchev–Trinajstić information content (AvgIpc) is 3.29. The maximum atomic E-state index is 13.9. The molecule has 0 unspecified atom stereocenters. The molecule has 12 heteroatoms. The number of methoxy groups -OCH3 is 1. The van der Waals surface area contributed by atoms with Gasteiger partial charge in [0.15, 0.2) is 0 Å². The molecule has 0 spiro atoms. The minimum atomic E-state index is -4.67. The Morgan fingerprint density at radius 1 is 1.22 bits per heavy atom. The van der Waals surface area contributed by atoms with Crippen LogP contribution in [-0.4, -0.2) is 59.0 Å². The van der Waals surface area contributed by atoms with E-state index in [0.29, 0.717) is 42.9 Å². The largest absolute Gasteiger partial charge is 0.495 e. The quantitative estimate of drug-likeness (QED) is 0.475. The van der Waals surface area contributed by atoms with Gasteiger partial charge in [0.2, 0.25) is 11.9 Å². The van der Waals surface area contributed by atoms with Crippen LogP contribution in [-0.2, 0) is 11.0 Å². The fourth-order valence-corrected chi connectivity index (χ4v) is 4.93. The molecule has 200 valence electrons. The summed E-state index contributed by atoms with van der Waals surface area (Å²) in [6.45, 7) is 2.89. The molecule has 2 atom stereocenters. The Kier molecular flexibility index (Phi) is 8.03. The van der Waals surface area contributed by atoms with Gasteiger partial charge in [-0.05, 0) is 44.4 Å². The zero-order valence-electron chi connectivity index (χ0n) is 20.8. The van der Waals surface area contributed by atoms with E-state index >= 15 is 0 Å². The molecular weight excluding hydrogens is 489 g/mol. The summed E-state index contributed by atoms with van der Waals surface area (Å²) in [7, 11) is 1.42. The van der Waals surface area contributed by atoms with E-state index in [1.807, 2.05) is 0 Å². The third-order valence-electron chi connectivity index (χ3n) is 6.70. The normalized spacial score (nSPS) is 20.0. The number of ether oxygens (including phenoxy) is 1. The highest BCUT2D eigenvalue weighted by Crippen LogP contribution is 2.37. The van der Waals surface area contributed by atoms with Crippen molar-refractivity contribution < 1.29 is 27.5 Å². The SMILES string of the molecule is CCNC(=O)c1ccc(Nc2ncc(C(F)(F)F)c(N[C@@H]3CCCC[C@H]3N3CCCC3=O)n2)c(OC)c1. The molecule has 0 radical (unpaired) electrons. The summed E-state index contributed by atoms with van der Waals surface area (Å²) in [5.74, 6) is -0.330. The van der Waals surface area contributed by atoms with Crippen molar-refractivity contribution in [1.82, 2.24) is 20.2 Å². The third-order valence-corrected chi connectivity index (χ3v) is 6.70. The Morgan fingerprint density at radius 2 is 2.00 bits per heavy atom. The number of benzene rings is 1. The van der Waals surface area contributed by atoms with Gasteiger partial charge < -0.3 is 25.6 Å². The first-order valence-electron chi connectivity index (χ1n) is 12.4. The molecule has 1 aliphatic heterocycles. The Morgan fingerprint density at radius 3 is 2.68 bits per heavy atom. The van der Waals surface area contributed by atoms with Gasteiger partial charge in [-0.15, -0.1) is 0 Å². The summed E-state index contributed by atoms with van der Waals surface area (Å²) < 4.78 is 46.9. The number of hydrogen-bond acceptors (Lipinski definition) is 7. The van der Waals surface area contributed by atoms with Crippen LogP contribution < -0.4 is 20.7 Å². The molecule has 1 saturated heterocycles. The smallest absolute Gasteiger partial charge is 0.421 e. The van der Waals surface area contributed by atoms with Crippen molar-refractivity contribution in [3.63, 3.8) is 0 Å². The summed E-state index contributed by atoms with van der Waals surface area (Å²) >= 11 is 0. The van der Waals surface area contributed by atoms with Gasteiger partial charge in [-0.2, -0.15) is 18.2 Å². The molecule has 2 aromatic rings. The standard InChI is InChI=1S/C25H31F3N6O3/c1-3-29-23(36)15-10-11-18(20(13-15)37-2)32-24-30-14-16(25(26,27)28)22(33-24)31-17-7-4-5-8-19(17)34-12-6-9-21(34)35/h10-11,13-14,17,19H,3-9,12H2,1-2H3,(H,29,36)(H2,30,31,32,33)/t17-,19-/m1/s1. The van der Waals surface area contributed by atoms with Gasteiger partial charge in [-0.1, -0.05) is 12.8 Å². The molecule has 4 rings (SSSR count). The first-order chi connectivity index (χ1) is 17.7. The van der Waals surface area contributed by atoms with Crippen molar-refractivity contribution >= 4 is 29.3 Å². The minimum Gasteiger partial charge on any atom is -0.495 e. The van der Waals surface area contributed by atoms with Crippen LogP contribution in [0.25, 0.3) is 0 Å². The Bertz CT molecular complexity index is 1140. The summed E-state index contributed by atoms with van der Waals surface area (Å²) in [6.07, 6.45) is 0.442. The van der Waals surface area contributed by atoms with Crippen LogP contribution in [0.15, 0.2) is 24.4 Å². The van der Waals surface area contributed by atoms with Crippen molar-refractivity contribution in [3.8, 4) is 5.75 Å². The summed E-state index contributed by atoms with van der Waals surface area (Å²) in [5.41, 5.74) is -0.215. The number of carbonyl (C=O) groups is 2. The molecule has 37 heavy (non-hydrogen) atoms. The fraction of sp³-hybridized carbons (Fsp3) is 0.520. The lowest BCUT2D eigenvalue weighted by Gasteiger charge is -2.38. The Balaban J connectivity index is 1.61. The number of hydrogen-bond donors (Lipinski definition) is 3. The number of halogens is 3. The fourth-order valence-electron chi connectivity index (χ4n) is 4.93. The number of rotatable bonds is 8. The van der Waals surface area contributed by atoms with E-state index in [4.69, 9.17) is 4.74 Å². The Labute approximate surface area is 213 Å². The second kappa shape index (κ2) is 11.2. The topological polar surface area (TPSA) is 108 Å². The van der Waals surface area contributed by atoms with Crippen molar-refractivity contribution in [2.75, 3.05) is 30.8 Å². The zero-order valence-corrected chi connectivity index (χ0v) is 20.8. The van der Waals surface area contributed by atoms with Crippen molar-refractivity contribution in [1.29, 1.82) is 0 Å². The molecule has 2 amide bonds. The maximum Gasteiger partial charge on any atom is 0.421 e. The second-order valence-electron chi connectivity index (χ2n) is 9.15. The molecular formula is C25H31F3N6O3. The number of likely N-dealkylation sites (tertiary alicyclic amines) is 1. The van der Waals surface area contributed by atoms with Crippen LogP contribution in [0.2, 0.25) is 0 Å². The number of nitrogens with zero attached hydrogens (tertiary/aromatic N) is 3. The monoisotopic (exact) mass is 520 g/mol. The van der Waals surface area contributed by atoms with E-state index in [9.17, 15) is 22.8 Å². The van der Waals surface area contributed by atoms with Crippen LogP contribution in [0.5, 0.6) is 5.75 Å². The predicted molar refractivity (Wildman–Crippen MR) is 132 cm³/mol. The van der Waals surface area contributed by atoms with Gasteiger partial charge in [0.25, 0.3) is 5.91 Å². The van der Waals surface area contributed by atoms with Crippen LogP contribution in [0.1, 0.15) is 61.4 Å². The van der Waals surface area contributed by atoms with E-state index in [0.717, 1.165) is 31.9 Å². The number of aromatic nitrogens is 2. The van der Waals surface area contributed by atoms with E-state index in [-0.39, 0.29) is 35.7 Å². The number of anilines is 3. The molecule has 2 heterocycles. The third kappa shape index (κ3) is 6.05. The lowest BCUT2D eigenvalue weighted by atomic mass is 9.89. The highest BCUT2D eigenvalue weighted by atomic mass is 19.4. The van der Waals surface area contributed by atoms with Crippen molar-refractivity contribution in [3.05, 3.63) is 35.5 Å². The van der Waals surface area contributed by atoms with Gasteiger partial charge in [0.05, 0.1) is 18.8 Å². The molecule has 1 aromatic carbocycles. The number of amides is 2.